The SMILES string of the molecule is CCCCCCC1CCC(C(=O)OC2CCC(C#N)(CCCCC)CC2)CC1. The van der Waals surface area contributed by atoms with E-state index >= 15 is 0 Å². The van der Waals surface area contributed by atoms with E-state index in [0.717, 1.165) is 57.3 Å². The van der Waals surface area contributed by atoms with Crippen molar-refractivity contribution in [2.24, 2.45) is 17.3 Å². The van der Waals surface area contributed by atoms with E-state index in [1.807, 2.05) is 0 Å². The molecule has 0 aromatic heterocycles. The van der Waals surface area contributed by atoms with E-state index in [4.69, 9.17) is 4.74 Å². The topological polar surface area (TPSA) is 50.1 Å². The molecule has 0 saturated heterocycles. The Labute approximate surface area is 173 Å². The molecule has 0 heterocycles. The molecule has 3 nitrogen and oxygen atoms in total. The smallest absolute Gasteiger partial charge is 0.309 e. The summed E-state index contributed by atoms with van der Waals surface area (Å²) in [6.45, 7) is 4.46. The lowest BCUT2D eigenvalue weighted by atomic mass is 9.71. The fraction of sp³-hybridized carbons (Fsp3) is 0.920. The molecule has 0 radical (unpaired) electrons. The monoisotopic (exact) mass is 389 g/mol. The van der Waals surface area contributed by atoms with Gasteiger partial charge in [0.25, 0.3) is 0 Å². The fourth-order valence-electron chi connectivity index (χ4n) is 5.20. The summed E-state index contributed by atoms with van der Waals surface area (Å²) in [4.78, 5) is 12.6. The predicted molar refractivity (Wildman–Crippen MR) is 115 cm³/mol. The van der Waals surface area contributed by atoms with Gasteiger partial charge in [0.15, 0.2) is 0 Å². The van der Waals surface area contributed by atoms with Gasteiger partial charge in [0.05, 0.1) is 17.4 Å². The number of carbonyl (C=O) groups excluding carboxylic acids is 1. The van der Waals surface area contributed by atoms with E-state index in [9.17, 15) is 10.1 Å². The standard InChI is InChI=1S/C25H43NO2/c1-3-5-7-8-10-21-11-13-22(14-12-21)24(27)28-23-15-18-25(20-26,19-16-23)17-9-6-4-2/h21-23H,3-19H2,1-2H3. The Kier molecular flexibility index (Phi) is 10.4. The van der Waals surface area contributed by atoms with Gasteiger partial charge in [-0.2, -0.15) is 5.26 Å². The summed E-state index contributed by atoms with van der Waals surface area (Å²) in [7, 11) is 0. The van der Waals surface area contributed by atoms with Crippen LogP contribution < -0.4 is 0 Å². The minimum absolute atomic E-state index is 0.0462. The number of carbonyl (C=O) groups is 1. The number of unbranched alkanes of at least 4 members (excludes halogenated alkanes) is 5. The highest BCUT2D eigenvalue weighted by atomic mass is 16.5. The zero-order chi connectivity index (χ0) is 20.2. The number of nitriles is 1. The van der Waals surface area contributed by atoms with Crippen LogP contribution in [-0.2, 0) is 9.53 Å². The molecule has 0 atom stereocenters. The molecule has 0 spiro atoms. The first kappa shape index (κ1) is 23.2. The Hall–Kier alpha value is -1.04. The van der Waals surface area contributed by atoms with Gasteiger partial charge in [0.1, 0.15) is 6.10 Å². The normalized spacial score (nSPS) is 30.5. The Morgan fingerprint density at radius 2 is 1.57 bits per heavy atom. The Morgan fingerprint density at radius 3 is 2.18 bits per heavy atom. The largest absolute Gasteiger partial charge is 0.462 e. The number of esters is 1. The van der Waals surface area contributed by atoms with Crippen molar-refractivity contribution in [1.82, 2.24) is 0 Å². The van der Waals surface area contributed by atoms with Gasteiger partial charge in [-0.05, 0) is 63.7 Å². The third-order valence-corrected chi connectivity index (χ3v) is 7.31. The summed E-state index contributed by atoms with van der Waals surface area (Å²) in [5.41, 5.74) is -0.159. The maximum Gasteiger partial charge on any atom is 0.309 e. The number of hydrogen-bond donors (Lipinski definition) is 0. The molecule has 0 aliphatic heterocycles. The number of ether oxygens (including phenoxy) is 1. The second-order valence-corrected chi connectivity index (χ2v) is 9.55. The molecule has 0 bridgehead atoms. The van der Waals surface area contributed by atoms with Crippen molar-refractivity contribution in [2.75, 3.05) is 0 Å². The van der Waals surface area contributed by atoms with Crippen LogP contribution in [0.3, 0.4) is 0 Å². The van der Waals surface area contributed by atoms with E-state index in [2.05, 4.69) is 19.9 Å². The Bertz CT molecular complexity index is 479. The molecular weight excluding hydrogens is 346 g/mol. The minimum Gasteiger partial charge on any atom is -0.462 e. The van der Waals surface area contributed by atoms with Crippen molar-refractivity contribution in [3.05, 3.63) is 0 Å². The first-order valence-electron chi connectivity index (χ1n) is 12.2. The molecule has 2 fully saturated rings. The van der Waals surface area contributed by atoms with Crippen molar-refractivity contribution in [3.63, 3.8) is 0 Å². The van der Waals surface area contributed by atoms with Gasteiger partial charge < -0.3 is 4.74 Å². The van der Waals surface area contributed by atoms with Gasteiger partial charge in [0.2, 0.25) is 0 Å². The van der Waals surface area contributed by atoms with Crippen LogP contribution in [0.25, 0.3) is 0 Å². The Morgan fingerprint density at radius 1 is 0.929 bits per heavy atom. The maximum atomic E-state index is 12.6. The Balaban J connectivity index is 1.66. The first-order valence-corrected chi connectivity index (χ1v) is 12.2. The summed E-state index contributed by atoms with van der Waals surface area (Å²) >= 11 is 0. The van der Waals surface area contributed by atoms with E-state index in [0.29, 0.717) is 0 Å². The lowest BCUT2D eigenvalue weighted by Crippen LogP contribution is -2.33. The van der Waals surface area contributed by atoms with E-state index < -0.39 is 0 Å². The molecule has 0 amide bonds. The van der Waals surface area contributed by atoms with Gasteiger partial charge >= 0.3 is 5.97 Å². The molecule has 0 unspecified atom stereocenters. The van der Waals surface area contributed by atoms with Crippen LogP contribution in [0.1, 0.15) is 123 Å². The molecule has 2 saturated carbocycles. The highest BCUT2D eigenvalue weighted by molar-refractivity contribution is 5.72. The summed E-state index contributed by atoms with van der Waals surface area (Å²) in [6, 6.07) is 2.60. The zero-order valence-electron chi connectivity index (χ0n) is 18.5. The van der Waals surface area contributed by atoms with Crippen LogP contribution in [0.5, 0.6) is 0 Å². The summed E-state index contributed by atoms with van der Waals surface area (Å²) in [5.74, 6) is 0.999. The molecule has 2 aliphatic rings. The zero-order valence-corrected chi connectivity index (χ0v) is 18.5. The van der Waals surface area contributed by atoms with Gasteiger partial charge in [-0.1, -0.05) is 65.2 Å². The minimum atomic E-state index is -0.159. The fourth-order valence-corrected chi connectivity index (χ4v) is 5.20. The summed E-state index contributed by atoms with van der Waals surface area (Å²) < 4.78 is 5.89. The van der Waals surface area contributed by atoms with Gasteiger partial charge in [-0.25, -0.2) is 0 Å². The lowest BCUT2D eigenvalue weighted by Gasteiger charge is -2.35. The summed E-state index contributed by atoms with van der Waals surface area (Å²) in [6.07, 6.45) is 19.3. The lowest BCUT2D eigenvalue weighted by molar-refractivity contribution is -0.158. The summed E-state index contributed by atoms with van der Waals surface area (Å²) in [5, 5.41) is 9.67. The number of hydrogen-bond acceptors (Lipinski definition) is 3. The molecule has 28 heavy (non-hydrogen) atoms. The highest BCUT2D eigenvalue weighted by Gasteiger charge is 2.37. The number of nitrogens with zero attached hydrogens (tertiary/aromatic N) is 1. The average Bonchev–Trinajstić information content (AvgIpc) is 2.73. The van der Waals surface area contributed by atoms with Crippen molar-refractivity contribution in [2.45, 2.75) is 129 Å². The molecule has 0 aromatic rings. The molecular formula is C25H43NO2. The van der Waals surface area contributed by atoms with Crippen LogP contribution in [0.15, 0.2) is 0 Å². The van der Waals surface area contributed by atoms with Gasteiger partial charge in [0, 0.05) is 0 Å². The molecule has 0 aromatic carbocycles. The van der Waals surface area contributed by atoms with E-state index in [-0.39, 0.29) is 23.4 Å². The van der Waals surface area contributed by atoms with Crippen LogP contribution >= 0.6 is 0 Å². The van der Waals surface area contributed by atoms with Crippen molar-refractivity contribution < 1.29 is 9.53 Å². The van der Waals surface area contributed by atoms with Crippen molar-refractivity contribution >= 4 is 5.97 Å². The third-order valence-electron chi connectivity index (χ3n) is 7.31. The molecule has 2 rings (SSSR count). The quantitative estimate of drug-likeness (QED) is 0.274. The van der Waals surface area contributed by atoms with Gasteiger partial charge in [-0.15, -0.1) is 0 Å². The third kappa shape index (κ3) is 7.41. The van der Waals surface area contributed by atoms with E-state index in [1.54, 1.807) is 0 Å². The molecule has 160 valence electrons. The second kappa shape index (κ2) is 12.5. The van der Waals surface area contributed by atoms with E-state index in [1.165, 1.54) is 57.8 Å². The molecule has 2 aliphatic carbocycles. The van der Waals surface area contributed by atoms with Crippen molar-refractivity contribution in [1.29, 1.82) is 5.26 Å². The van der Waals surface area contributed by atoms with Crippen LogP contribution in [0, 0.1) is 28.6 Å². The second-order valence-electron chi connectivity index (χ2n) is 9.55. The maximum absolute atomic E-state index is 12.6. The molecule has 0 N–H and O–H groups in total. The highest BCUT2D eigenvalue weighted by Crippen LogP contribution is 2.41. The predicted octanol–water partition coefficient (Wildman–Crippen LogP) is 7.34. The van der Waals surface area contributed by atoms with Gasteiger partial charge in [-0.3, -0.25) is 4.79 Å². The van der Waals surface area contributed by atoms with Crippen LogP contribution in [-0.4, -0.2) is 12.1 Å². The average molecular weight is 390 g/mol. The first-order chi connectivity index (χ1) is 13.6. The number of rotatable bonds is 11. The molecule has 3 heteroatoms. The van der Waals surface area contributed by atoms with Crippen LogP contribution in [0.4, 0.5) is 0 Å². The van der Waals surface area contributed by atoms with Crippen molar-refractivity contribution in [3.8, 4) is 6.07 Å². The van der Waals surface area contributed by atoms with Crippen LogP contribution in [0.2, 0.25) is 0 Å².